The SMILES string of the molecule is Cc1cc2c3c(c1)N(c1ccc4c(c1)C(C)(C)CCC4(C)C)c1cc4c(cc1B3N(c1ccccc1)c1ccccc1-2)C(C)(C)CCC4(C)C. The lowest BCUT2D eigenvalue weighted by Crippen LogP contribution is -2.62. The third kappa shape index (κ3) is 4.47. The molecule has 0 bridgehead atoms. The number of aryl methyl sites for hydroxylation is 1. The van der Waals surface area contributed by atoms with Crippen LogP contribution >= 0.6 is 0 Å². The van der Waals surface area contributed by atoms with Crippen LogP contribution in [0.5, 0.6) is 0 Å². The number of hydrogen-bond donors (Lipinski definition) is 0. The molecule has 0 atom stereocenters. The summed E-state index contributed by atoms with van der Waals surface area (Å²) in [6, 6.07) is 37.8. The van der Waals surface area contributed by atoms with E-state index in [2.05, 4.69) is 169 Å². The topological polar surface area (TPSA) is 6.48 Å². The zero-order valence-corrected chi connectivity index (χ0v) is 31.5. The highest BCUT2D eigenvalue weighted by Gasteiger charge is 2.48. The van der Waals surface area contributed by atoms with E-state index in [1.807, 2.05) is 0 Å². The number of hydrogen-bond acceptors (Lipinski definition) is 2. The van der Waals surface area contributed by atoms with Crippen molar-refractivity contribution in [2.45, 2.75) is 110 Å². The molecule has 2 aliphatic heterocycles. The van der Waals surface area contributed by atoms with Crippen molar-refractivity contribution in [3.63, 3.8) is 0 Å². The lowest BCUT2D eigenvalue weighted by molar-refractivity contribution is 0.332. The molecule has 50 heavy (non-hydrogen) atoms. The van der Waals surface area contributed by atoms with Crippen LogP contribution in [0.1, 0.15) is 109 Å². The van der Waals surface area contributed by atoms with Gasteiger partial charge in [0.1, 0.15) is 0 Å². The number of para-hydroxylation sites is 2. The Balaban J connectivity index is 1.41. The van der Waals surface area contributed by atoms with Gasteiger partial charge in [-0.05, 0) is 141 Å². The Morgan fingerprint density at radius 3 is 1.74 bits per heavy atom. The van der Waals surface area contributed by atoms with Crippen molar-refractivity contribution in [3.05, 3.63) is 125 Å². The molecule has 5 aromatic carbocycles. The first kappa shape index (κ1) is 31.7. The van der Waals surface area contributed by atoms with Crippen LogP contribution in [-0.2, 0) is 21.7 Å². The zero-order valence-electron chi connectivity index (χ0n) is 31.5. The zero-order chi connectivity index (χ0) is 35.0. The van der Waals surface area contributed by atoms with Crippen LogP contribution in [0.2, 0.25) is 0 Å². The van der Waals surface area contributed by atoms with Gasteiger partial charge in [0, 0.05) is 34.0 Å². The van der Waals surface area contributed by atoms with Crippen LogP contribution in [-0.4, -0.2) is 6.85 Å². The summed E-state index contributed by atoms with van der Waals surface area (Å²) in [7, 11) is 0. The summed E-state index contributed by atoms with van der Waals surface area (Å²) in [5.74, 6) is 0. The van der Waals surface area contributed by atoms with Crippen molar-refractivity contribution in [2.24, 2.45) is 0 Å². The van der Waals surface area contributed by atoms with Crippen LogP contribution in [0.15, 0.2) is 97.1 Å². The predicted molar refractivity (Wildman–Crippen MR) is 215 cm³/mol. The summed E-state index contributed by atoms with van der Waals surface area (Å²) in [5.41, 5.74) is 19.8. The largest absolute Gasteiger partial charge is 0.376 e. The van der Waals surface area contributed by atoms with Crippen molar-refractivity contribution in [1.82, 2.24) is 0 Å². The summed E-state index contributed by atoms with van der Waals surface area (Å²) in [6.45, 7) is 22.0. The van der Waals surface area contributed by atoms with Gasteiger partial charge in [-0.2, -0.15) is 0 Å². The molecule has 0 amide bonds. The van der Waals surface area contributed by atoms with Gasteiger partial charge in [-0.1, -0.05) is 110 Å². The molecule has 2 nitrogen and oxygen atoms in total. The highest BCUT2D eigenvalue weighted by atomic mass is 15.2. The first-order valence-corrected chi connectivity index (χ1v) is 18.9. The lowest BCUT2D eigenvalue weighted by atomic mass is 9.42. The molecule has 3 heteroatoms. The summed E-state index contributed by atoms with van der Waals surface area (Å²) >= 11 is 0. The summed E-state index contributed by atoms with van der Waals surface area (Å²) < 4.78 is 0. The normalized spacial score (nSPS) is 19.9. The minimum Gasteiger partial charge on any atom is -0.376 e. The van der Waals surface area contributed by atoms with Gasteiger partial charge in [0.15, 0.2) is 0 Å². The molecule has 0 fully saturated rings. The third-order valence-electron chi connectivity index (χ3n) is 13.2. The standard InChI is InChI=1S/C47H51BN2/c1-30-25-34-33-17-13-14-18-40(33)50(31-15-11-10-12-16-31)48-39-28-37-38(47(8,9)24-23-46(37,6)7)29-41(39)49(42(26-30)43(34)48)32-19-20-35-36(27-32)45(4,5)22-21-44(35,2)3/h10-20,25-29H,21-24H2,1-9H3. The number of nitrogens with zero attached hydrogens (tertiary/aromatic N) is 2. The lowest BCUT2D eigenvalue weighted by Gasteiger charge is -2.49. The fourth-order valence-corrected chi connectivity index (χ4v) is 9.98. The van der Waals surface area contributed by atoms with E-state index in [1.165, 1.54) is 104 Å². The Morgan fingerprint density at radius 2 is 1.06 bits per heavy atom. The molecule has 0 saturated carbocycles. The van der Waals surface area contributed by atoms with Crippen molar-refractivity contribution < 1.29 is 0 Å². The Hall–Kier alpha value is -4.24. The van der Waals surface area contributed by atoms with Crippen molar-refractivity contribution in [2.75, 3.05) is 9.71 Å². The van der Waals surface area contributed by atoms with E-state index in [1.54, 1.807) is 0 Å². The molecule has 5 aromatic rings. The summed E-state index contributed by atoms with van der Waals surface area (Å²) in [4.78, 5) is 5.29. The fourth-order valence-electron chi connectivity index (χ4n) is 9.98. The minimum absolute atomic E-state index is 0.0447. The maximum atomic E-state index is 2.66. The Bertz CT molecular complexity index is 2200. The van der Waals surface area contributed by atoms with E-state index in [4.69, 9.17) is 0 Å². The van der Waals surface area contributed by atoms with E-state index in [0.717, 1.165) is 0 Å². The smallest absolute Gasteiger partial charge is 0.333 e. The van der Waals surface area contributed by atoms with Crippen LogP contribution in [0, 0.1) is 6.92 Å². The van der Waals surface area contributed by atoms with E-state index in [9.17, 15) is 0 Å². The van der Waals surface area contributed by atoms with E-state index >= 15 is 0 Å². The van der Waals surface area contributed by atoms with Gasteiger partial charge < -0.3 is 9.71 Å². The second-order valence-electron chi connectivity index (χ2n) is 18.4. The Morgan fingerprint density at radius 1 is 0.480 bits per heavy atom. The molecule has 4 aliphatic rings. The second-order valence-corrected chi connectivity index (χ2v) is 18.4. The molecule has 9 rings (SSSR count). The monoisotopic (exact) mass is 654 g/mol. The van der Waals surface area contributed by atoms with Crippen LogP contribution in [0.25, 0.3) is 11.1 Å². The molecule has 0 spiro atoms. The Kier molecular flexibility index (Phi) is 6.60. The molecular formula is C47H51BN2. The van der Waals surface area contributed by atoms with Crippen molar-refractivity contribution >= 4 is 46.2 Å². The molecule has 0 radical (unpaired) electrons. The summed E-state index contributed by atoms with van der Waals surface area (Å²) in [6.07, 6.45) is 4.81. The van der Waals surface area contributed by atoms with Crippen LogP contribution < -0.4 is 20.6 Å². The molecule has 0 unspecified atom stereocenters. The average molecular weight is 655 g/mol. The van der Waals surface area contributed by atoms with Crippen molar-refractivity contribution in [3.8, 4) is 11.1 Å². The van der Waals surface area contributed by atoms with Gasteiger partial charge in [-0.3, -0.25) is 0 Å². The number of benzene rings is 5. The molecule has 0 saturated heterocycles. The number of anilines is 5. The predicted octanol–water partition coefficient (Wildman–Crippen LogP) is 11.4. The van der Waals surface area contributed by atoms with E-state index < -0.39 is 0 Å². The fraction of sp³-hybridized carbons (Fsp3) is 0.362. The molecule has 0 N–H and O–H groups in total. The first-order chi connectivity index (χ1) is 23.7. The molecule has 2 heterocycles. The van der Waals surface area contributed by atoms with Crippen LogP contribution in [0.4, 0.5) is 28.4 Å². The van der Waals surface area contributed by atoms with E-state index in [0.29, 0.717) is 0 Å². The van der Waals surface area contributed by atoms with Gasteiger partial charge in [-0.25, -0.2) is 0 Å². The van der Waals surface area contributed by atoms with Gasteiger partial charge in [0.05, 0.1) is 0 Å². The highest BCUT2D eigenvalue weighted by Crippen LogP contribution is 2.53. The van der Waals surface area contributed by atoms with Gasteiger partial charge in [0.2, 0.25) is 0 Å². The molecule has 2 aliphatic carbocycles. The molecular weight excluding hydrogens is 603 g/mol. The highest BCUT2D eigenvalue weighted by molar-refractivity contribution is 6.93. The quantitative estimate of drug-likeness (QED) is 0.175. The van der Waals surface area contributed by atoms with Crippen molar-refractivity contribution in [1.29, 1.82) is 0 Å². The first-order valence-electron chi connectivity index (χ1n) is 18.9. The minimum atomic E-state index is 0.0447. The number of fused-ring (bicyclic) bond motifs is 6. The van der Waals surface area contributed by atoms with Gasteiger partial charge in [0.25, 0.3) is 0 Å². The van der Waals surface area contributed by atoms with Crippen LogP contribution in [0.3, 0.4) is 0 Å². The Labute approximate surface area is 300 Å². The molecule has 0 aromatic heterocycles. The van der Waals surface area contributed by atoms with Gasteiger partial charge in [-0.15, -0.1) is 0 Å². The van der Waals surface area contributed by atoms with E-state index in [-0.39, 0.29) is 28.5 Å². The molecule has 252 valence electrons. The second kappa shape index (κ2) is 10.4. The maximum absolute atomic E-state index is 2.66. The maximum Gasteiger partial charge on any atom is 0.333 e. The van der Waals surface area contributed by atoms with Gasteiger partial charge >= 0.3 is 6.85 Å². The summed E-state index contributed by atoms with van der Waals surface area (Å²) in [5, 5.41) is 0. The average Bonchev–Trinajstić information content (AvgIpc) is 3.09. The third-order valence-corrected chi connectivity index (χ3v) is 13.2. The number of rotatable bonds is 2.